The number of rotatable bonds is 6. The van der Waals surface area contributed by atoms with E-state index < -0.39 is 33.1 Å². The summed E-state index contributed by atoms with van der Waals surface area (Å²) in [6, 6.07) is 6.78. The lowest BCUT2D eigenvalue weighted by atomic mass is 9.96. The number of aromatic nitrogens is 2. The van der Waals surface area contributed by atoms with Crippen molar-refractivity contribution in [2.75, 3.05) is 31.1 Å². The Kier molecular flexibility index (Phi) is 7.49. The Morgan fingerprint density at radius 1 is 1.18 bits per heavy atom. The largest absolute Gasteiger partial charge is 0.483 e. The van der Waals surface area contributed by atoms with E-state index in [-0.39, 0.29) is 12.2 Å². The Hall–Kier alpha value is -2.17. The van der Waals surface area contributed by atoms with Gasteiger partial charge in [-0.1, -0.05) is 17.7 Å². The van der Waals surface area contributed by atoms with Crippen molar-refractivity contribution in [2.45, 2.75) is 57.1 Å². The van der Waals surface area contributed by atoms with Crippen LogP contribution in [0.1, 0.15) is 39.5 Å². The molecular weight excluding hydrogens is 483 g/mol. The summed E-state index contributed by atoms with van der Waals surface area (Å²) in [5.41, 5.74) is 0.526. The molecule has 34 heavy (non-hydrogen) atoms. The van der Waals surface area contributed by atoms with Crippen molar-refractivity contribution < 1.29 is 17.5 Å². The Morgan fingerprint density at radius 3 is 2.56 bits per heavy atom. The van der Waals surface area contributed by atoms with Gasteiger partial charge in [0.1, 0.15) is 18.0 Å². The Morgan fingerprint density at radius 2 is 1.91 bits per heavy atom. The zero-order valence-electron chi connectivity index (χ0n) is 19.4. The second kappa shape index (κ2) is 10.2. The fraction of sp³-hybridized carbons (Fsp3) is 0.565. The average molecular weight is 513 g/mol. The highest BCUT2D eigenvalue weighted by Gasteiger charge is 2.32. The smallest absolute Gasteiger partial charge is 0.316 e. The van der Waals surface area contributed by atoms with E-state index >= 15 is 0 Å². The van der Waals surface area contributed by atoms with E-state index in [9.17, 15) is 17.6 Å². The second-order valence-electron chi connectivity index (χ2n) is 9.04. The number of alkyl halides is 1. The van der Waals surface area contributed by atoms with E-state index in [1.807, 2.05) is 4.90 Å². The van der Waals surface area contributed by atoms with Gasteiger partial charge in [0.2, 0.25) is 15.8 Å². The quantitative estimate of drug-likeness (QED) is 0.589. The summed E-state index contributed by atoms with van der Waals surface area (Å²) in [4.78, 5) is 15.4. The number of ether oxygens (including phenoxy) is 1. The van der Waals surface area contributed by atoms with Crippen LogP contribution in [0.2, 0.25) is 5.02 Å². The fourth-order valence-electron chi connectivity index (χ4n) is 4.40. The van der Waals surface area contributed by atoms with Gasteiger partial charge in [0.25, 0.3) is 0 Å². The molecule has 0 N–H and O–H groups in total. The third-order valence-electron chi connectivity index (χ3n) is 6.35. The van der Waals surface area contributed by atoms with Crippen molar-refractivity contribution in [3.05, 3.63) is 45.8 Å². The van der Waals surface area contributed by atoms with E-state index in [0.717, 1.165) is 0 Å². The first-order chi connectivity index (χ1) is 16.2. The number of halogens is 2. The van der Waals surface area contributed by atoms with Crippen LogP contribution in [0.3, 0.4) is 0 Å². The lowest BCUT2D eigenvalue weighted by Gasteiger charge is -2.37. The molecular formula is C23H30ClFN4O4S. The molecule has 1 saturated heterocycles. The number of nitrogens with zero attached hydrogens (tertiary/aromatic N) is 4. The van der Waals surface area contributed by atoms with E-state index in [2.05, 4.69) is 5.10 Å². The van der Waals surface area contributed by atoms with Crippen LogP contribution < -0.4 is 15.2 Å². The third kappa shape index (κ3) is 5.23. The predicted molar refractivity (Wildman–Crippen MR) is 130 cm³/mol. The second-order valence-corrected chi connectivity index (χ2v) is 12.0. The van der Waals surface area contributed by atoms with Crippen LogP contribution in [0.5, 0.6) is 5.75 Å². The molecule has 2 unspecified atom stereocenters. The third-order valence-corrected chi connectivity index (χ3v) is 8.86. The summed E-state index contributed by atoms with van der Waals surface area (Å²) in [6.07, 6.45) is 2.29. The van der Waals surface area contributed by atoms with Crippen LogP contribution in [0.4, 0.5) is 10.1 Å². The molecule has 2 fully saturated rings. The summed E-state index contributed by atoms with van der Waals surface area (Å²) in [5.74, 6) is 0.106. The molecule has 0 spiro atoms. The average Bonchev–Trinajstić information content (AvgIpc) is 2.80. The monoisotopic (exact) mass is 512 g/mol. The molecule has 2 aliphatic rings. The van der Waals surface area contributed by atoms with Crippen molar-refractivity contribution in [1.29, 1.82) is 0 Å². The first-order valence-corrected chi connectivity index (χ1v) is 13.5. The molecule has 2 aromatic rings. The van der Waals surface area contributed by atoms with Gasteiger partial charge in [0.05, 0.1) is 17.1 Å². The predicted octanol–water partition coefficient (Wildman–Crippen LogP) is 3.41. The molecule has 8 nitrogen and oxygen atoms in total. The van der Waals surface area contributed by atoms with Gasteiger partial charge in [-0.25, -0.2) is 12.8 Å². The van der Waals surface area contributed by atoms with Gasteiger partial charge >= 0.3 is 5.56 Å². The van der Waals surface area contributed by atoms with Crippen molar-refractivity contribution in [2.24, 2.45) is 0 Å². The van der Waals surface area contributed by atoms with E-state index in [1.165, 1.54) is 8.99 Å². The molecule has 1 aliphatic heterocycles. The molecule has 4 rings (SSSR count). The summed E-state index contributed by atoms with van der Waals surface area (Å²) in [6.45, 7) is 4.70. The molecule has 2 atom stereocenters. The SMILES string of the molecule is CC(C)S(=O)(=O)N1CCN(c2cnn(-c3cccc(Cl)c3)c(=O)c2OC2CCCC(F)C2)CC1. The number of benzene rings is 1. The van der Waals surface area contributed by atoms with Crippen molar-refractivity contribution >= 4 is 27.3 Å². The summed E-state index contributed by atoms with van der Waals surface area (Å²) in [7, 11) is -3.36. The molecule has 11 heteroatoms. The number of hydrogen-bond acceptors (Lipinski definition) is 6. The number of sulfonamides is 1. The van der Waals surface area contributed by atoms with Crippen molar-refractivity contribution in [1.82, 2.24) is 14.1 Å². The first-order valence-electron chi connectivity index (χ1n) is 11.6. The summed E-state index contributed by atoms with van der Waals surface area (Å²) < 4.78 is 48.0. The molecule has 2 heterocycles. The van der Waals surface area contributed by atoms with E-state index in [1.54, 1.807) is 44.3 Å². The molecule has 0 radical (unpaired) electrons. The standard InChI is InChI=1S/C23H30ClFN4O4S/c1-16(2)34(31,32)28-11-9-27(10-12-28)21-15-26-29(19-7-3-5-17(24)13-19)23(30)22(21)33-20-8-4-6-18(25)14-20/h3,5,7,13,15-16,18,20H,4,6,8-12,14H2,1-2H3. The normalized spacial score (nSPS) is 22.2. The zero-order valence-corrected chi connectivity index (χ0v) is 20.9. The van der Waals surface area contributed by atoms with Crippen molar-refractivity contribution in [3.8, 4) is 11.4 Å². The number of piperazine rings is 1. The van der Waals surface area contributed by atoms with Gasteiger partial charge in [0, 0.05) is 37.6 Å². The van der Waals surface area contributed by atoms with Gasteiger partial charge in [-0.2, -0.15) is 14.1 Å². The van der Waals surface area contributed by atoms with Gasteiger partial charge in [0.15, 0.2) is 0 Å². The Labute approximate surface area is 204 Å². The van der Waals surface area contributed by atoms with Crippen LogP contribution in [-0.4, -0.2) is 66.2 Å². The summed E-state index contributed by atoms with van der Waals surface area (Å²) in [5, 5.41) is 4.31. The van der Waals surface area contributed by atoms with Crippen LogP contribution in [0, 0.1) is 0 Å². The minimum atomic E-state index is -3.36. The molecule has 1 aromatic carbocycles. The topological polar surface area (TPSA) is 84.7 Å². The maximum Gasteiger partial charge on any atom is 0.316 e. The fourth-order valence-corrected chi connectivity index (χ4v) is 5.85. The van der Waals surface area contributed by atoms with Crippen LogP contribution in [0.15, 0.2) is 35.3 Å². The highest BCUT2D eigenvalue weighted by Crippen LogP contribution is 2.31. The van der Waals surface area contributed by atoms with Gasteiger partial charge in [-0.3, -0.25) is 4.79 Å². The minimum absolute atomic E-state index is 0.106. The van der Waals surface area contributed by atoms with Gasteiger partial charge < -0.3 is 9.64 Å². The molecule has 0 bridgehead atoms. The molecule has 1 aliphatic carbocycles. The van der Waals surface area contributed by atoms with Crippen molar-refractivity contribution in [3.63, 3.8) is 0 Å². The van der Waals surface area contributed by atoms with Crippen LogP contribution in [0.25, 0.3) is 5.69 Å². The van der Waals surface area contributed by atoms with Gasteiger partial charge in [-0.05, 0) is 51.3 Å². The maximum absolute atomic E-state index is 14.0. The highest BCUT2D eigenvalue weighted by molar-refractivity contribution is 7.89. The van der Waals surface area contributed by atoms with Crippen LogP contribution >= 0.6 is 11.6 Å². The lowest BCUT2D eigenvalue weighted by molar-refractivity contribution is 0.101. The van der Waals surface area contributed by atoms with E-state index in [4.69, 9.17) is 16.3 Å². The zero-order chi connectivity index (χ0) is 24.5. The number of hydrogen-bond donors (Lipinski definition) is 0. The molecule has 186 valence electrons. The molecule has 1 saturated carbocycles. The van der Waals surface area contributed by atoms with Gasteiger partial charge in [-0.15, -0.1) is 0 Å². The Balaban J connectivity index is 1.66. The molecule has 1 aromatic heterocycles. The first kappa shape index (κ1) is 24.9. The van der Waals surface area contributed by atoms with Crippen LogP contribution in [-0.2, 0) is 10.0 Å². The molecule has 0 amide bonds. The minimum Gasteiger partial charge on any atom is -0.483 e. The van der Waals surface area contributed by atoms with E-state index in [0.29, 0.717) is 61.8 Å². The highest BCUT2D eigenvalue weighted by atomic mass is 35.5. The number of anilines is 1. The maximum atomic E-state index is 14.0. The Bertz CT molecular complexity index is 1180. The lowest BCUT2D eigenvalue weighted by Crippen LogP contribution is -2.50. The summed E-state index contributed by atoms with van der Waals surface area (Å²) >= 11 is 6.11.